The number of anilines is 1. The number of unbranched alkanes of at least 4 members (excludes halogenated alkanes) is 3. The summed E-state index contributed by atoms with van der Waals surface area (Å²) in [6.45, 7) is 3.18. The van der Waals surface area contributed by atoms with Crippen molar-refractivity contribution in [2.24, 2.45) is 11.8 Å². The van der Waals surface area contributed by atoms with Crippen LogP contribution in [0, 0.1) is 18.8 Å². The summed E-state index contributed by atoms with van der Waals surface area (Å²) in [4.78, 5) is 45.7. The van der Waals surface area contributed by atoms with Crippen LogP contribution >= 0.6 is 23.4 Å². The van der Waals surface area contributed by atoms with E-state index in [2.05, 4.69) is 12.2 Å². The van der Waals surface area contributed by atoms with Crippen molar-refractivity contribution in [1.82, 2.24) is 4.90 Å². The molecule has 4 aliphatic rings. The molecular formula is C30H37ClN2O5S. The van der Waals surface area contributed by atoms with Crippen LogP contribution in [0.5, 0.6) is 0 Å². The Kier molecular flexibility index (Phi) is 8.74. The lowest BCUT2D eigenvalue weighted by molar-refractivity contribution is -0.153. The number of benzene rings is 1. The van der Waals surface area contributed by atoms with Gasteiger partial charge in [0.05, 0.1) is 33.9 Å². The molecule has 0 aliphatic carbocycles. The van der Waals surface area contributed by atoms with Crippen LogP contribution in [0.4, 0.5) is 5.69 Å². The van der Waals surface area contributed by atoms with E-state index in [-0.39, 0.29) is 29.6 Å². The summed E-state index contributed by atoms with van der Waals surface area (Å²) in [7, 11) is 0. The quantitative estimate of drug-likeness (QED) is 0.290. The number of aliphatic hydroxyl groups excluding tert-OH is 1. The van der Waals surface area contributed by atoms with Gasteiger partial charge in [-0.2, -0.15) is 0 Å². The normalized spacial score (nSPS) is 31.4. The van der Waals surface area contributed by atoms with Gasteiger partial charge in [-0.3, -0.25) is 14.4 Å². The number of aryl methyl sites for hydroxylation is 1. The lowest BCUT2D eigenvalue weighted by atomic mass is 9.78. The minimum Gasteiger partial charge on any atom is -0.465 e. The second-order valence-electron chi connectivity index (χ2n) is 10.9. The number of allylic oxidation sites excluding steroid dienone is 1. The highest BCUT2D eigenvalue weighted by Crippen LogP contribution is 2.61. The lowest BCUT2D eigenvalue weighted by Gasteiger charge is -2.35. The number of thioether (sulfide) groups is 1. The number of ether oxygens (including phenoxy) is 1. The Morgan fingerprint density at radius 2 is 1.92 bits per heavy atom. The van der Waals surface area contributed by atoms with Gasteiger partial charge in [0.1, 0.15) is 6.04 Å². The molecular weight excluding hydrogens is 536 g/mol. The van der Waals surface area contributed by atoms with Crippen LogP contribution in [0.2, 0.25) is 5.02 Å². The number of fused-ring (bicyclic) bond motifs is 2. The Balaban J connectivity index is 1.56. The molecule has 1 N–H and O–H groups in total. The first-order valence-corrected chi connectivity index (χ1v) is 15.3. The molecule has 0 bridgehead atoms. The smallest absolute Gasteiger partial charge is 0.311 e. The van der Waals surface area contributed by atoms with Crippen molar-refractivity contribution in [3.63, 3.8) is 0 Å². The van der Waals surface area contributed by atoms with E-state index in [9.17, 15) is 14.4 Å². The number of hydrogen-bond donors (Lipinski definition) is 1. The summed E-state index contributed by atoms with van der Waals surface area (Å²) < 4.78 is 4.81. The predicted molar refractivity (Wildman–Crippen MR) is 154 cm³/mol. The van der Waals surface area contributed by atoms with E-state index in [0.717, 1.165) is 44.1 Å². The Labute approximate surface area is 239 Å². The molecule has 7 nitrogen and oxygen atoms in total. The number of carbonyl (C=O) groups is 3. The van der Waals surface area contributed by atoms with E-state index in [1.165, 1.54) is 0 Å². The van der Waals surface area contributed by atoms with Gasteiger partial charge in [-0.15, -0.1) is 11.8 Å². The summed E-state index contributed by atoms with van der Waals surface area (Å²) in [5.74, 6) is -2.00. The highest BCUT2D eigenvalue weighted by Gasteiger charge is 2.70. The van der Waals surface area contributed by atoms with Crippen molar-refractivity contribution in [2.45, 2.75) is 67.9 Å². The van der Waals surface area contributed by atoms with Crippen molar-refractivity contribution >= 4 is 46.8 Å². The molecule has 0 saturated carbocycles. The van der Waals surface area contributed by atoms with E-state index in [1.54, 1.807) is 27.6 Å². The van der Waals surface area contributed by atoms with Gasteiger partial charge in [0.2, 0.25) is 5.91 Å². The Morgan fingerprint density at radius 3 is 2.72 bits per heavy atom. The third kappa shape index (κ3) is 5.16. The molecule has 2 fully saturated rings. The maximum absolute atomic E-state index is 14.5. The lowest BCUT2D eigenvalue weighted by Crippen LogP contribution is -2.53. The fourth-order valence-electron chi connectivity index (χ4n) is 6.57. The number of aliphatic hydroxyl groups is 1. The molecule has 39 heavy (non-hydrogen) atoms. The Hall–Kier alpha value is -2.29. The number of carbonyl (C=O) groups excluding carboxylic acids is 3. The zero-order chi connectivity index (χ0) is 27.6. The van der Waals surface area contributed by atoms with Crippen LogP contribution in [0.15, 0.2) is 42.5 Å². The Morgan fingerprint density at radius 1 is 1.10 bits per heavy atom. The topological polar surface area (TPSA) is 87.2 Å². The van der Waals surface area contributed by atoms with Gasteiger partial charge >= 0.3 is 5.97 Å². The minimum absolute atomic E-state index is 0.140. The van der Waals surface area contributed by atoms with Gasteiger partial charge in [-0.05, 0) is 50.7 Å². The number of esters is 1. The number of amides is 2. The van der Waals surface area contributed by atoms with Crippen LogP contribution in [0.3, 0.4) is 0 Å². The van der Waals surface area contributed by atoms with Gasteiger partial charge in [0.25, 0.3) is 5.91 Å². The van der Waals surface area contributed by atoms with Crippen molar-refractivity contribution in [3.8, 4) is 0 Å². The number of likely N-dealkylation sites (tertiary alicyclic amines) is 1. The first-order chi connectivity index (χ1) is 18.9. The summed E-state index contributed by atoms with van der Waals surface area (Å²) >= 11 is 8.19. The molecule has 1 spiro atoms. The van der Waals surface area contributed by atoms with Crippen LogP contribution in [0.25, 0.3) is 0 Å². The maximum atomic E-state index is 14.5. The highest BCUT2D eigenvalue weighted by atomic mass is 35.5. The molecule has 5 rings (SSSR count). The number of para-hydroxylation sites is 1. The number of nitrogens with zero attached hydrogens (tertiary/aromatic N) is 2. The largest absolute Gasteiger partial charge is 0.465 e. The third-order valence-electron chi connectivity index (χ3n) is 8.37. The molecule has 4 aliphatic heterocycles. The first-order valence-electron chi connectivity index (χ1n) is 14.1. The van der Waals surface area contributed by atoms with Gasteiger partial charge in [0.15, 0.2) is 0 Å². The van der Waals surface area contributed by atoms with Crippen molar-refractivity contribution in [2.75, 3.05) is 31.2 Å². The second kappa shape index (κ2) is 12.1. The number of halogens is 1. The SMILES string of the molecule is Cc1cccc(Cl)c1N1CC=C[C@]23S[C@@H]4/C=C\CCCCOC(=O)[C@@H]4[C@H]2C(=O)N(CCCCCCO)C3C1=O. The van der Waals surface area contributed by atoms with Crippen LogP contribution in [-0.4, -0.2) is 70.1 Å². The molecule has 210 valence electrons. The van der Waals surface area contributed by atoms with Crippen molar-refractivity contribution in [3.05, 3.63) is 53.1 Å². The summed E-state index contributed by atoms with van der Waals surface area (Å²) in [5, 5.41) is 9.40. The van der Waals surface area contributed by atoms with Gasteiger partial charge in [0, 0.05) is 24.9 Å². The molecule has 4 heterocycles. The molecule has 2 amide bonds. The number of cyclic esters (lactones) is 1. The first kappa shape index (κ1) is 28.2. The highest BCUT2D eigenvalue weighted by molar-refractivity contribution is 8.02. The van der Waals surface area contributed by atoms with E-state index in [4.69, 9.17) is 21.4 Å². The fourth-order valence-corrected chi connectivity index (χ4v) is 8.90. The average molecular weight is 573 g/mol. The van der Waals surface area contributed by atoms with Crippen LogP contribution in [-0.2, 0) is 19.1 Å². The minimum atomic E-state index is -0.879. The van der Waals surface area contributed by atoms with E-state index >= 15 is 0 Å². The maximum Gasteiger partial charge on any atom is 0.311 e. The van der Waals surface area contributed by atoms with Crippen LogP contribution in [0.1, 0.15) is 50.5 Å². The third-order valence-corrected chi connectivity index (χ3v) is 10.4. The van der Waals surface area contributed by atoms with Gasteiger partial charge in [-0.25, -0.2) is 0 Å². The fraction of sp³-hybridized carbons (Fsp3) is 0.567. The number of hydrogen-bond acceptors (Lipinski definition) is 6. The molecule has 9 heteroatoms. The van der Waals surface area contributed by atoms with Gasteiger partial charge in [-0.1, -0.05) is 60.9 Å². The monoisotopic (exact) mass is 572 g/mol. The van der Waals surface area contributed by atoms with Crippen molar-refractivity contribution in [1.29, 1.82) is 0 Å². The molecule has 1 unspecified atom stereocenters. The summed E-state index contributed by atoms with van der Waals surface area (Å²) in [6, 6.07) is 4.81. The zero-order valence-electron chi connectivity index (χ0n) is 22.4. The Bertz CT molecular complexity index is 1150. The van der Waals surface area contributed by atoms with E-state index < -0.39 is 22.6 Å². The molecule has 1 aromatic carbocycles. The molecule has 0 radical (unpaired) electrons. The van der Waals surface area contributed by atoms with Gasteiger partial charge < -0.3 is 19.6 Å². The zero-order valence-corrected chi connectivity index (χ0v) is 24.0. The second-order valence-corrected chi connectivity index (χ2v) is 12.8. The molecule has 1 aromatic rings. The molecule has 5 atom stereocenters. The number of rotatable bonds is 7. The van der Waals surface area contributed by atoms with E-state index in [1.807, 2.05) is 31.2 Å². The molecule has 0 aromatic heterocycles. The predicted octanol–water partition coefficient (Wildman–Crippen LogP) is 4.68. The average Bonchev–Trinajstić information content (AvgIpc) is 3.29. The molecule has 2 saturated heterocycles. The summed E-state index contributed by atoms with van der Waals surface area (Å²) in [6.07, 6.45) is 13.9. The van der Waals surface area contributed by atoms with Crippen LogP contribution < -0.4 is 4.90 Å². The standard InChI is InChI=1S/C30H37ClN2O5S/c1-20-12-10-13-21(31)25(20)32-17-11-15-30-24(23-22(39-30)14-6-2-5-9-19-38-29(23)37)27(35)33(26(30)28(32)36)16-7-3-4-8-18-34/h6,10-15,22-24,26,34H,2-5,7-9,16-19H2,1H3/b14-6-/t22-,23+,24+,26?,30+/m1/s1. The summed E-state index contributed by atoms with van der Waals surface area (Å²) in [5.41, 5.74) is 1.54. The van der Waals surface area contributed by atoms with Crippen molar-refractivity contribution < 1.29 is 24.2 Å². The van der Waals surface area contributed by atoms with E-state index in [0.29, 0.717) is 36.8 Å².